The molecule has 3 saturated heterocycles. The number of aromatic hydroxyl groups is 1. The Balaban J connectivity index is 1.12. The predicted molar refractivity (Wildman–Crippen MR) is 505 cm³/mol. The maximum absolute atomic E-state index is 15.8. The second-order valence-corrected chi connectivity index (χ2v) is 36.4. The molecule has 9 rings (SSSR count). The van der Waals surface area contributed by atoms with Crippen molar-refractivity contribution in [1.29, 1.82) is 0 Å². The second kappa shape index (κ2) is 52.1. The lowest BCUT2D eigenvalue weighted by Gasteiger charge is -2.36. The third kappa shape index (κ3) is 30.2. The number of aromatic nitrogens is 4. The van der Waals surface area contributed by atoms with Crippen molar-refractivity contribution < 1.29 is 106 Å². The molecule has 0 bridgehead atoms. The topological polar surface area (TPSA) is 652 Å². The van der Waals surface area contributed by atoms with Crippen LogP contribution in [0.25, 0.3) is 21.8 Å². The van der Waals surface area contributed by atoms with Gasteiger partial charge in [0.25, 0.3) is 0 Å². The lowest BCUT2D eigenvalue weighted by Crippen LogP contribution is -2.61. The molecule has 3 aliphatic rings. The van der Waals surface area contributed by atoms with E-state index in [4.69, 9.17) is 21.9 Å². The van der Waals surface area contributed by atoms with Crippen molar-refractivity contribution in [2.45, 2.75) is 241 Å². The number of fused-ring (bicyclic) bond motifs is 4. The van der Waals surface area contributed by atoms with Crippen LogP contribution in [0.5, 0.6) is 5.75 Å². The van der Waals surface area contributed by atoms with Crippen LogP contribution in [0.3, 0.4) is 0 Å². The van der Waals surface area contributed by atoms with E-state index in [1.165, 1.54) is 74.7 Å². The number of H-pyrrole nitrogens is 3. The number of aliphatic carboxylic acids is 1. The van der Waals surface area contributed by atoms with Gasteiger partial charge in [-0.15, -0.1) is 11.8 Å². The Bertz CT molecular complexity index is 5290. The maximum atomic E-state index is 15.8. The third-order valence-corrected chi connectivity index (χ3v) is 25.6. The molecule has 750 valence electrons. The van der Waals surface area contributed by atoms with E-state index < -0.39 is 254 Å². The number of nitrogens with zero attached hydrogens (tertiary/aromatic N) is 6. The Labute approximate surface area is 801 Å². The number of amides is 17. The van der Waals surface area contributed by atoms with E-state index in [-0.39, 0.29) is 101 Å². The zero-order valence-electron chi connectivity index (χ0n) is 78.8. The molecule has 44 nitrogen and oxygen atoms in total. The summed E-state index contributed by atoms with van der Waals surface area (Å²) in [5.74, 6) is -19.2. The average molecular weight is 1940 g/mol. The van der Waals surface area contributed by atoms with E-state index in [1.807, 2.05) is 13.8 Å². The van der Waals surface area contributed by atoms with E-state index >= 15 is 47.9 Å². The molecule has 3 fully saturated rings. The minimum absolute atomic E-state index is 0.0183. The van der Waals surface area contributed by atoms with Crippen LogP contribution in [0.4, 0.5) is 0 Å². The first kappa shape index (κ1) is 108. The van der Waals surface area contributed by atoms with Crippen molar-refractivity contribution >= 4 is 140 Å². The average Bonchev–Trinajstić information content (AvgIpc) is 1.64. The monoisotopic (exact) mass is 1940 g/mol. The van der Waals surface area contributed by atoms with Gasteiger partial charge in [0, 0.05) is 131 Å². The molecule has 45 heteroatoms. The van der Waals surface area contributed by atoms with Gasteiger partial charge in [-0.1, -0.05) is 102 Å². The molecule has 6 aromatic rings. The summed E-state index contributed by atoms with van der Waals surface area (Å²) < 4.78 is 5.38. The molecule has 0 spiro atoms. The van der Waals surface area contributed by atoms with Crippen LogP contribution in [0.2, 0.25) is 0 Å². The number of imidazole rings is 1. The number of methoxy groups -OCH3 is 1. The summed E-state index contributed by atoms with van der Waals surface area (Å²) in [6, 6.07) is -2.48. The van der Waals surface area contributed by atoms with Crippen LogP contribution in [-0.2, 0) is 117 Å². The molecule has 0 unspecified atom stereocenters. The molecule has 15 atom stereocenters. The van der Waals surface area contributed by atoms with Gasteiger partial charge < -0.3 is 130 Å². The normalized spacial score (nSPS) is 24.5. The van der Waals surface area contributed by atoms with Gasteiger partial charge in [0.05, 0.1) is 37.8 Å². The molecule has 138 heavy (non-hydrogen) atoms. The standard InChI is InChI=1S/C93H130N22O22S/c1-9-11-22-72-86(129)105-65(36-51(3)4)83(126)110-71(81(124)100-46-77(96)119)48-138-49-78(120)102-68(37-53-25-27-57(116)28-26-53)91(134)113(34-35-137-8)52(5)80(123)108-70(42-76(95)118)92(135)114-33-17-24-73(114)87(130)107-67(40-56-45-97-50-101-56)85(128)104-64(29-30-79(121)122)90(133)115-47-58(117)41-75(115)88(131)106-66(38-54-43-98-61-20-15-13-18-59(54)61)84(127)103-63(31-32-94)82(125)109-69(39-55-44-99-62-21-16-14-19-60(55)62)89(132)112(7)74(23-12-10-2)93(136)111(72)6/h13-16,18-21,25-28,43-45,50-52,58,63-75,98-99,116-117H,9-12,17,22-24,29-42,46-49,94H2,1-8H3,(H2,95,118)(H2,96,119)(H,97,101)(H,100,124)(H,102,120)(H,103,127)(H,104,128)(H,105,129)(H,106,131)(H,107,130)(H,108,123)(H,109,125)(H,110,126)(H,121,122)/t52-,58+,63-,64-,65-,66-,67-,68-,69-,70-,71-,72-,73-,74-,75-/m0/s1. The summed E-state index contributed by atoms with van der Waals surface area (Å²) in [7, 11) is 4.05. The highest BCUT2D eigenvalue weighted by atomic mass is 32.2. The number of primary amides is 2. The molecule has 6 heterocycles. The SMILES string of the molecule is CCCC[C@H]1C(=O)N(C)[C@@H](CCCC)C(=O)N[C@@H](CC(C)C)C(=O)N[C@H](C(=O)NCC(N)=O)CSCC(=O)N[C@@H](Cc2ccc(O)cc2)C(=O)N(CCOC)[C@@H](C)C(=O)N[C@@H](CC(N)=O)C(=O)N2CCC[C@H]2C(=O)N[C@@H](Cc2cnc[nH]2)C(=O)N[C@@H](CCC(=O)O)C(=O)N2C[C@H](O)C[C@H]2C(=O)N[C@@H](Cc2c[nH]c3ccccc23)C(=O)N[C@@H](CCN)C(=O)N[C@@H](Cc2c[nH]c3ccccc23)C(=O)N1C. The van der Waals surface area contributed by atoms with Crippen LogP contribution in [0, 0.1) is 5.92 Å². The van der Waals surface area contributed by atoms with Gasteiger partial charge in [0.2, 0.25) is 100 Å². The lowest BCUT2D eigenvalue weighted by molar-refractivity contribution is -0.149. The number of aliphatic hydroxyl groups excluding tert-OH is 1. The van der Waals surface area contributed by atoms with Gasteiger partial charge in [-0.2, -0.15) is 0 Å². The molecule has 3 aromatic carbocycles. The fraction of sp³-hybridized carbons (Fsp3) is 0.538. The number of benzene rings is 3. The first-order chi connectivity index (χ1) is 65.8. The summed E-state index contributed by atoms with van der Waals surface area (Å²) in [5.41, 5.74) is 20.4. The number of nitrogens with one attached hydrogen (secondary N) is 13. The highest BCUT2D eigenvalue weighted by Gasteiger charge is 2.47. The number of nitrogens with two attached hydrogens (primary N) is 3. The molecule has 3 aromatic heterocycles. The van der Waals surface area contributed by atoms with E-state index in [2.05, 4.69) is 73.1 Å². The minimum atomic E-state index is -1.85. The Hall–Kier alpha value is -13.6. The first-order valence-corrected chi connectivity index (χ1v) is 47.5. The molecular weight excluding hydrogens is 1810 g/mol. The summed E-state index contributed by atoms with van der Waals surface area (Å²) in [6.45, 7) is 6.19. The van der Waals surface area contributed by atoms with Crippen LogP contribution < -0.4 is 70.4 Å². The van der Waals surface area contributed by atoms with E-state index in [0.717, 1.165) is 26.5 Å². The molecule has 17 amide bonds. The number of hydrogen-bond acceptors (Lipinski definition) is 24. The number of carboxylic acid groups (broad SMARTS) is 1. The van der Waals surface area contributed by atoms with Gasteiger partial charge in [-0.3, -0.25) is 86.3 Å². The number of phenols is 1. The number of phenolic OH excluding ortho intramolecular Hbond substituents is 1. The van der Waals surface area contributed by atoms with Crippen molar-refractivity contribution in [1.82, 2.24) is 97.6 Å². The summed E-state index contributed by atoms with van der Waals surface area (Å²) in [6.07, 6.45) is 1.80. The number of rotatable bonds is 29. The van der Waals surface area contributed by atoms with Crippen molar-refractivity contribution in [2.75, 3.05) is 72.0 Å². The van der Waals surface area contributed by atoms with Crippen LogP contribution in [0.15, 0.2) is 97.7 Å². The first-order valence-electron chi connectivity index (χ1n) is 46.4. The minimum Gasteiger partial charge on any atom is -0.508 e. The lowest BCUT2D eigenvalue weighted by atomic mass is 9.99. The van der Waals surface area contributed by atoms with Crippen LogP contribution in [-0.4, -0.2) is 329 Å². The Morgan fingerprint density at radius 2 is 1.13 bits per heavy atom. The Morgan fingerprint density at radius 3 is 1.72 bits per heavy atom. The Kier molecular flexibility index (Phi) is 40.8. The number of carboxylic acids is 1. The summed E-state index contributed by atoms with van der Waals surface area (Å²) >= 11 is 0.781. The predicted octanol–water partition coefficient (Wildman–Crippen LogP) is -1.95. The number of aliphatic hydroxyl groups is 1. The molecule has 0 saturated carbocycles. The highest BCUT2D eigenvalue weighted by Crippen LogP contribution is 2.28. The second-order valence-electron chi connectivity index (χ2n) is 35.4. The van der Waals surface area contributed by atoms with Crippen LogP contribution >= 0.6 is 11.8 Å². The number of thioether (sulfide) groups is 1. The van der Waals surface area contributed by atoms with Gasteiger partial charge in [0.1, 0.15) is 90.3 Å². The number of aromatic amines is 3. The van der Waals surface area contributed by atoms with Crippen LogP contribution in [0.1, 0.15) is 147 Å². The van der Waals surface area contributed by atoms with Crippen molar-refractivity contribution in [2.24, 2.45) is 23.1 Å². The smallest absolute Gasteiger partial charge is 0.303 e. The fourth-order valence-corrected chi connectivity index (χ4v) is 18.0. The van der Waals surface area contributed by atoms with Gasteiger partial charge in [-0.25, -0.2) is 4.98 Å². The number of carbonyl (C=O) groups excluding carboxylic acids is 17. The number of likely N-dealkylation sites (N-methyl/N-ethyl adjacent to an activating group) is 2. The van der Waals surface area contributed by atoms with Gasteiger partial charge >= 0.3 is 5.97 Å². The molecule has 3 aliphatic heterocycles. The molecule has 22 N–H and O–H groups in total. The third-order valence-electron chi connectivity index (χ3n) is 24.6. The van der Waals surface area contributed by atoms with E-state index in [1.54, 1.807) is 74.8 Å². The highest BCUT2D eigenvalue weighted by molar-refractivity contribution is 8.00. The fourth-order valence-electron chi connectivity index (χ4n) is 17.2. The number of carbonyl (C=O) groups is 18. The largest absolute Gasteiger partial charge is 0.508 e. The molecule has 0 radical (unpaired) electrons. The van der Waals surface area contributed by atoms with Gasteiger partial charge in [0.15, 0.2) is 0 Å². The zero-order valence-corrected chi connectivity index (χ0v) is 79.6. The quantitative estimate of drug-likeness (QED) is 0.0243. The number of hydrogen-bond donors (Lipinski definition) is 19. The maximum Gasteiger partial charge on any atom is 0.303 e. The van der Waals surface area contributed by atoms with Crippen molar-refractivity contribution in [3.05, 3.63) is 120 Å². The number of para-hydroxylation sites is 2. The molecule has 0 aliphatic carbocycles. The summed E-state index contributed by atoms with van der Waals surface area (Å²) in [4.78, 5) is 283. The number of unbranched alkanes of at least 4 members (excludes halogenated alkanes) is 2. The zero-order chi connectivity index (χ0) is 101. The van der Waals surface area contributed by atoms with E-state index in [0.29, 0.717) is 64.2 Å². The van der Waals surface area contributed by atoms with Crippen molar-refractivity contribution in [3.63, 3.8) is 0 Å². The van der Waals surface area contributed by atoms with E-state index in [9.17, 15) is 53.7 Å². The molecular formula is C93H130N22O22S. The van der Waals surface area contributed by atoms with Crippen molar-refractivity contribution in [3.8, 4) is 5.75 Å². The van der Waals surface area contributed by atoms with Gasteiger partial charge in [-0.05, 0) is 105 Å². The summed E-state index contributed by atoms with van der Waals surface area (Å²) in [5, 5.41) is 59.8. The number of ether oxygens (including phenoxy) is 1. The Morgan fingerprint density at radius 1 is 0.580 bits per heavy atom.